The van der Waals surface area contributed by atoms with Crippen LogP contribution in [-0.2, 0) is 19.0 Å². The molecule has 0 aromatic heterocycles. The molecular weight excluding hydrogens is 389 g/mol. The van der Waals surface area contributed by atoms with Crippen molar-refractivity contribution in [1.29, 1.82) is 0 Å². The van der Waals surface area contributed by atoms with Crippen LogP contribution in [0.2, 0.25) is 0 Å². The molecule has 2 heterocycles. The number of morpholine rings is 1. The minimum atomic E-state index is -0.552. The Morgan fingerprint density at radius 1 is 1.39 bits per heavy atom. The molecule has 1 aromatic carbocycles. The molecule has 0 spiro atoms. The highest BCUT2D eigenvalue weighted by molar-refractivity contribution is 7.80. The summed E-state index contributed by atoms with van der Waals surface area (Å²) >= 11 is 5.05. The van der Waals surface area contributed by atoms with E-state index in [0.29, 0.717) is 42.7 Å². The summed E-state index contributed by atoms with van der Waals surface area (Å²) in [6.07, 6.45) is -1.06. The first-order chi connectivity index (χ1) is 13.5. The third-order valence-corrected chi connectivity index (χ3v) is 4.82. The Bertz CT molecular complexity index is 757. The number of rotatable bonds is 6. The standard InChI is InChI=1S/C18H22FN3O5S/c1-25-17(23)9-16(28)20-10-13-11-22(18(24)27-13)12-2-3-15(14(19)8-12)21-4-6-26-7-5-21/h2-3,8,13H,4-7,9-11H2,1H3,(H,20,28)/t13-/m0/s1. The fourth-order valence-corrected chi connectivity index (χ4v) is 3.26. The Morgan fingerprint density at radius 3 is 2.82 bits per heavy atom. The second-order valence-electron chi connectivity index (χ2n) is 6.41. The summed E-state index contributed by atoms with van der Waals surface area (Å²) < 4.78 is 29.7. The Kier molecular flexibility index (Phi) is 6.63. The molecular formula is C18H22FN3O5S. The number of ether oxygens (including phenoxy) is 3. The Balaban J connectivity index is 1.58. The van der Waals surface area contributed by atoms with Crippen molar-refractivity contribution in [2.75, 3.05) is 56.3 Å². The summed E-state index contributed by atoms with van der Waals surface area (Å²) in [4.78, 5) is 27.0. The molecule has 0 bridgehead atoms. The van der Waals surface area contributed by atoms with Gasteiger partial charge in [0.05, 0.1) is 56.2 Å². The minimum absolute atomic E-state index is 0.0373. The lowest BCUT2D eigenvalue weighted by atomic mass is 10.2. The van der Waals surface area contributed by atoms with E-state index in [0.717, 1.165) is 0 Å². The van der Waals surface area contributed by atoms with Crippen LogP contribution in [0.1, 0.15) is 6.42 Å². The number of benzene rings is 1. The summed E-state index contributed by atoms with van der Waals surface area (Å²) in [6, 6.07) is 4.71. The van der Waals surface area contributed by atoms with Crippen LogP contribution in [0.3, 0.4) is 0 Å². The van der Waals surface area contributed by atoms with Crippen molar-refractivity contribution in [1.82, 2.24) is 5.32 Å². The summed E-state index contributed by atoms with van der Waals surface area (Å²) in [5, 5.41) is 2.88. The van der Waals surface area contributed by atoms with Gasteiger partial charge in [0.15, 0.2) is 0 Å². The van der Waals surface area contributed by atoms with Crippen LogP contribution in [-0.4, -0.2) is 69.7 Å². The fraction of sp³-hybridized carbons (Fsp3) is 0.500. The molecule has 3 rings (SSSR count). The average Bonchev–Trinajstić information content (AvgIpc) is 3.07. The Hall–Kier alpha value is -2.46. The Labute approximate surface area is 167 Å². The van der Waals surface area contributed by atoms with Crippen molar-refractivity contribution in [3.63, 3.8) is 0 Å². The van der Waals surface area contributed by atoms with Gasteiger partial charge in [-0.3, -0.25) is 9.69 Å². The first-order valence-electron chi connectivity index (χ1n) is 8.92. The molecule has 2 aliphatic rings. The maximum Gasteiger partial charge on any atom is 0.414 e. The molecule has 1 N–H and O–H groups in total. The van der Waals surface area contributed by atoms with Gasteiger partial charge in [0.25, 0.3) is 0 Å². The highest BCUT2D eigenvalue weighted by atomic mass is 32.1. The number of cyclic esters (lactones) is 1. The number of hydrogen-bond acceptors (Lipinski definition) is 7. The molecule has 0 radical (unpaired) electrons. The third-order valence-electron chi connectivity index (χ3n) is 4.53. The monoisotopic (exact) mass is 411 g/mol. The lowest BCUT2D eigenvalue weighted by Crippen LogP contribution is -2.37. The first kappa shape index (κ1) is 20.3. The van der Waals surface area contributed by atoms with Gasteiger partial charge in [-0.1, -0.05) is 12.2 Å². The number of carbonyl (C=O) groups excluding carboxylic acids is 2. The highest BCUT2D eigenvalue weighted by Gasteiger charge is 2.33. The number of carbonyl (C=O) groups is 2. The topological polar surface area (TPSA) is 80.3 Å². The highest BCUT2D eigenvalue weighted by Crippen LogP contribution is 2.28. The van der Waals surface area contributed by atoms with E-state index in [4.69, 9.17) is 21.7 Å². The van der Waals surface area contributed by atoms with Crippen molar-refractivity contribution in [2.24, 2.45) is 0 Å². The van der Waals surface area contributed by atoms with Crippen LogP contribution < -0.4 is 15.1 Å². The number of thiocarbonyl (C=S) groups is 1. The number of methoxy groups -OCH3 is 1. The maximum absolute atomic E-state index is 14.6. The largest absolute Gasteiger partial charge is 0.469 e. The van der Waals surface area contributed by atoms with E-state index in [9.17, 15) is 14.0 Å². The summed E-state index contributed by atoms with van der Waals surface area (Å²) in [5.41, 5.74) is 0.921. The molecule has 1 atom stereocenters. The van der Waals surface area contributed by atoms with Gasteiger partial charge in [0.1, 0.15) is 11.9 Å². The van der Waals surface area contributed by atoms with Gasteiger partial charge in [-0.15, -0.1) is 0 Å². The van der Waals surface area contributed by atoms with Crippen molar-refractivity contribution in [2.45, 2.75) is 12.5 Å². The number of anilines is 2. The summed E-state index contributed by atoms with van der Waals surface area (Å²) in [7, 11) is 1.28. The minimum Gasteiger partial charge on any atom is -0.469 e. The van der Waals surface area contributed by atoms with E-state index < -0.39 is 24.0 Å². The molecule has 0 saturated carbocycles. The summed E-state index contributed by atoms with van der Waals surface area (Å²) in [5.74, 6) is -0.841. The van der Waals surface area contributed by atoms with Crippen LogP contribution >= 0.6 is 12.2 Å². The van der Waals surface area contributed by atoms with Crippen LogP contribution in [0, 0.1) is 5.82 Å². The van der Waals surface area contributed by atoms with E-state index in [1.54, 1.807) is 12.1 Å². The number of nitrogens with zero attached hydrogens (tertiary/aromatic N) is 2. The second-order valence-corrected chi connectivity index (χ2v) is 6.90. The van der Waals surface area contributed by atoms with Gasteiger partial charge >= 0.3 is 12.1 Å². The fourth-order valence-electron chi connectivity index (χ4n) is 3.06. The van der Waals surface area contributed by atoms with Gasteiger partial charge in [-0.2, -0.15) is 0 Å². The third kappa shape index (κ3) is 4.87. The number of hydrogen-bond donors (Lipinski definition) is 1. The molecule has 2 fully saturated rings. The number of esters is 1. The van der Waals surface area contributed by atoms with Gasteiger partial charge in [0, 0.05) is 13.1 Å². The zero-order chi connectivity index (χ0) is 20.1. The normalized spacial score (nSPS) is 19.4. The van der Waals surface area contributed by atoms with Crippen molar-refractivity contribution < 1.29 is 28.2 Å². The van der Waals surface area contributed by atoms with Gasteiger partial charge in [-0.25, -0.2) is 9.18 Å². The molecule has 152 valence electrons. The van der Waals surface area contributed by atoms with Crippen LogP contribution in [0.5, 0.6) is 0 Å². The molecule has 2 saturated heterocycles. The second kappa shape index (κ2) is 9.16. The lowest BCUT2D eigenvalue weighted by Gasteiger charge is -2.29. The quantitative estimate of drug-likeness (QED) is 0.557. The van der Waals surface area contributed by atoms with Crippen molar-refractivity contribution in [3.05, 3.63) is 24.0 Å². The predicted octanol–water partition coefficient (Wildman–Crippen LogP) is 1.47. The zero-order valence-corrected chi connectivity index (χ0v) is 16.3. The molecule has 0 unspecified atom stereocenters. The van der Waals surface area contributed by atoms with Crippen LogP contribution in [0.15, 0.2) is 18.2 Å². The number of halogens is 1. The SMILES string of the molecule is COC(=O)CC(=S)NC[C@H]1CN(c2ccc(N3CCOCC3)c(F)c2)C(=O)O1. The van der Waals surface area contributed by atoms with E-state index in [-0.39, 0.29) is 19.5 Å². The molecule has 1 amide bonds. The van der Waals surface area contributed by atoms with Crippen molar-refractivity contribution in [3.8, 4) is 0 Å². The van der Waals surface area contributed by atoms with E-state index in [1.807, 2.05) is 4.90 Å². The molecule has 28 heavy (non-hydrogen) atoms. The van der Waals surface area contributed by atoms with E-state index in [1.165, 1.54) is 18.1 Å². The lowest BCUT2D eigenvalue weighted by molar-refractivity contribution is -0.139. The average molecular weight is 411 g/mol. The number of nitrogens with one attached hydrogen (secondary N) is 1. The van der Waals surface area contributed by atoms with E-state index in [2.05, 4.69) is 10.1 Å². The number of amides is 1. The summed E-state index contributed by atoms with van der Waals surface area (Å²) in [6.45, 7) is 2.89. The Morgan fingerprint density at radius 2 is 2.14 bits per heavy atom. The zero-order valence-electron chi connectivity index (χ0n) is 15.5. The predicted molar refractivity (Wildman–Crippen MR) is 104 cm³/mol. The molecule has 0 aliphatic carbocycles. The molecule has 1 aromatic rings. The van der Waals surface area contributed by atoms with Gasteiger partial charge < -0.3 is 24.4 Å². The van der Waals surface area contributed by atoms with Gasteiger partial charge in [-0.05, 0) is 18.2 Å². The van der Waals surface area contributed by atoms with Crippen molar-refractivity contribution >= 4 is 40.6 Å². The maximum atomic E-state index is 14.6. The molecule has 10 heteroatoms. The van der Waals surface area contributed by atoms with Crippen LogP contribution in [0.25, 0.3) is 0 Å². The smallest absolute Gasteiger partial charge is 0.414 e. The molecule has 2 aliphatic heterocycles. The molecule has 8 nitrogen and oxygen atoms in total. The van der Waals surface area contributed by atoms with Gasteiger partial charge in [0.2, 0.25) is 0 Å². The van der Waals surface area contributed by atoms with E-state index >= 15 is 0 Å². The van der Waals surface area contributed by atoms with Crippen LogP contribution in [0.4, 0.5) is 20.6 Å². The first-order valence-corrected chi connectivity index (χ1v) is 9.32.